The molecule has 0 spiro atoms. The molecule has 0 aliphatic rings. The van der Waals surface area contributed by atoms with E-state index in [9.17, 15) is 35.9 Å². The van der Waals surface area contributed by atoms with Crippen LogP contribution in [0.15, 0.2) is 36.4 Å². The topological polar surface area (TPSA) is 58.6 Å². The van der Waals surface area contributed by atoms with Crippen molar-refractivity contribution >= 4 is 17.5 Å². The van der Waals surface area contributed by atoms with Gasteiger partial charge in [-0.05, 0) is 42.8 Å². The van der Waals surface area contributed by atoms with E-state index in [-0.39, 0.29) is 12.1 Å². The highest BCUT2D eigenvalue weighted by atomic mass is 19.4. The summed E-state index contributed by atoms with van der Waals surface area (Å²) in [5.74, 6) is -6.83. The highest BCUT2D eigenvalue weighted by molar-refractivity contribution is 5.99. The van der Waals surface area contributed by atoms with Gasteiger partial charge in [0.05, 0.1) is 5.69 Å². The fourth-order valence-corrected chi connectivity index (χ4v) is 2.49. The van der Waals surface area contributed by atoms with Crippen LogP contribution in [0.3, 0.4) is 0 Å². The van der Waals surface area contributed by atoms with Crippen molar-refractivity contribution < 1.29 is 40.7 Å². The molecule has 0 radical (unpaired) electrons. The summed E-state index contributed by atoms with van der Waals surface area (Å²) in [4.78, 5) is 25.8. The molecule has 5 nitrogen and oxygen atoms in total. The van der Waals surface area contributed by atoms with Crippen molar-refractivity contribution in [2.45, 2.75) is 19.7 Å². The van der Waals surface area contributed by atoms with Crippen molar-refractivity contribution in [3.05, 3.63) is 59.4 Å². The summed E-state index contributed by atoms with van der Waals surface area (Å²) in [6, 6.07) is 5.55. The Morgan fingerprint density at radius 2 is 1.63 bits per heavy atom. The predicted octanol–water partition coefficient (Wildman–Crippen LogP) is 4.49. The minimum Gasteiger partial charge on any atom is -0.406 e. The van der Waals surface area contributed by atoms with E-state index in [0.717, 1.165) is 35.2 Å². The number of nitrogens with one attached hydrogen (secondary N) is 1. The maximum absolute atomic E-state index is 13.7. The summed E-state index contributed by atoms with van der Waals surface area (Å²) in [5, 5.41) is 2.05. The lowest BCUT2D eigenvalue weighted by Crippen LogP contribution is -2.38. The average molecular weight is 434 g/mol. The molecule has 2 amide bonds. The third kappa shape index (κ3) is 6.13. The zero-order chi connectivity index (χ0) is 22.5. The summed E-state index contributed by atoms with van der Waals surface area (Å²) in [6.07, 6.45) is -4.44. The molecule has 2 aromatic rings. The number of halogens is 6. The van der Waals surface area contributed by atoms with Gasteiger partial charge in [-0.25, -0.2) is 13.2 Å². The third-order valence-corrected chi connectivity index (χ3v) is 3.76. The zero-order valence-corrected chi connectivity index (χ0v) is 15.5. The first-order valence-corrected chi connectivity index (χ1v) is 8.60. The molecule has 0 fully saturated rings. The van der Waals surface area contributed by atoms with Gasteiger partial charge in [0.15, 0.2) is 17.5 Å². The molecule has 0 aliphatic carbocycles. The van der Waals surface area contributed by atoms with Crippen LogP contribution >= 0.6 is 0 Å². The molecule has 0 atom stereocenters. The van der Waals surface area contributed by atoms with Crippen molar-refractivity contribution in [1.29, 1.82) is 0 Å². The number of rotatable bonds is 7. The summed E-state index contributed by atoms with van der Waals surface area (Å²) in [5.41, 5.74) is -0.610. The maximum Gasteiger partial charge on any atom is 0.573 e. The van der Waals surface area contributed by atoms with Gasteiger partial charge in [-0.15, -0.1) is 13.2 Å². The van der Waals surface area contributed by atoms with E-state index in [1.807, 2.05) is 5.32 Å². The number of hydrogen-bond acceptors (Lipinski definition) is 3. The molecule has 2 rings (SSSR count). The molecule has 0 heterocycles. The van der Waals surface area contributed by atoms with E-state index in [0.29, 0.717) is 12.5 Å². The van der Waals surface area contributed by atoms with Gasteiger partial charge in [0.2, 0.25) is 5.91 Å². The highest BCUT2D eigenvalue weighted by Gasteiger charge is 2.31. The van der Waals surface area contributed by atoms with Crippen LogP contribution in [0.2, 0.25) is 0 Å². The molecule has 11 heteroatoms. The van der Waals surface area contributed by atoms with Crippen LogP contribution in [0.25, 0.3) is 0 Å². The van der Waals surface area contributed by atoms with Crippen molar-refractivity contribution in [3.8, 4) is 5.75 Å². The first kappa shape index (κ1) is 23.0. The van der Waals surface area contributed by atoms with E-state index < -0.39 is 53.6 Å². The fourth-order valence-electron chi connectivity index (χ4n) is 2.49. The Morgan fingerprint density at radius 1 is 1.00 bits per heavy atom. The Bertz CT molecular complexity index is 916. The largest absolute Gasteiger partial charge is 0.573 e. The zero-order valence-electron chi connectivity index (χ0n) is 15.5. The fraction of sp³-hybridized carbons (Fsp3) is 0.263. The van der Waals surface area contributed by atoms with Gasteiger partial charge in [0, 0.05) is 12.1 Å². The number of benzene rings is 2. The van der Waals surface area contributed by atoms with Crippen LogP contribution in [0.4, 0.5) is 32.0 Å². The second-order valence-corrected chi connectivity index (χ2v) is 6.07. The number of carbonyl (C=O) groups is 2. The lowest BCUT2D eigenvalue weighted by Gasteiger charge is -2.22. The Hall–Kier alpha value is -3.24. The lowest BCUT2D eigenvalue weighted by molar-refractivity contribution is -0.274. The molecule has 2 aromatic carbocycles. The van der Waals surface area contributed by atoms with Crippen molar-refractivity contribution in [3.63, 3.8) is 0 Å². The molecular weight excluding hydrogens is 418 g/mol. The molecule has 0 aromatic heterocycles. The monoisotopic (exact) mass is 434 g/mol. The number of nitrogens with zero attached hydrogens (tertiary/aromatic N) is 1. The Labute approximate surface area is 167 Å². The van der Waals surface area contributed by atoms with E-state index >= 15 is 0 Å². The highest BCUT2D eigenvalue weighted by Crippen LogP contribution is 2.23. The van der Waals surface area contributed by atoms with Crippen LogP contribution in [0.1, 0.15) is 23.7 Å². The molecule has 0 saturated carbocycles. The molecule has 30 heavy (non-hydrogen) atoms. The second-order valence-electron chi connectivity index (χ2n) is 6.07. The lowest BCUT2D eigenvalue weighted by atomic mass is 10.2. The Morgan fingerprint density at radius 3 is 2.20 bits per heavy atom. The molecule has 0 aliphatic heterocycles. The van der Waals surface area contributed by atoms with Crippen molar-refractivity contribution in [1.82, 2.24) is 4.90 Å². The number of alkyl halides is 3. The summed E-state index contributed by atoms with van der Waals surface area (Å²) < 4.78 is 80.3. The van der Waals surface area contributed by atoms with Crippen LogP contribution in [0, 0.1) is 17.5 Å². The van der Waals surface area contributed by atoms with E-state index in [2.05, 4.69) is 4.74 Å². The molecule has 0 saturated heterocycles. The van der Waals surface area contributed by atoms with Gasteiger partial charge >= 0.3 is 6.36 Å². The minimum atomic E-state index is -4.88. The smallest absolute Gasteiger partial charge is 0.406 e. The van der Waals surface area contributed by atoms with Gasteiger partial charge < -0.3 is 15.0 Å². The van der Waals surface area contributed by atoms with Gasteiger partial charge in [0.1, 0.15) is 12.3 Å². The Balaban J connectivity index is 2.10. The minimum absolute atomic E-state index is 0.00946. The molecule has 0 bridgehead atoms. The standard InChI is InChI=1S/C19H16F6N2O3/c1-2-9-27(10-15(28)26-14-8-7-13(20)16(21)17(14)22)18(29)11-3-5-12(6-4-11)30-19(23,24)25/h3-8H,2,9-10H2,1H3,(H,26,28). The normalized spacial score (nSPS) is 11.2. The summed E-state index contributed by atoms with van der Waals surface area (Å²) >= 11 is 0. The van der Waals surface area contributed by atoms with Crippen LogP contribution in [-0.4, -0.2) is 36.2 Å². The molecular formula is C19H16F6N2O3. The van der Waals surface area contributed by atoms with E-state index in [4.69, 9.17) is 0 Å². The molecule has 162 valence electrons. The van der Waals surface area contributed by atoms with Crippen molar-refractivity contribution in [2.75, 3.05) is 18.4 Å². The molecule has 1 N–H and O–H groups in total. The maximum atomic E-state index is 13.7. The second kappa shape index (κ2) is 9.51. The van der Waals surface area contributed by atoms with Gasteiger partial charge in [-0.2, -0.15) is 0 Å². The SMILES string of the molecule is CCCN(CC(=O)Nc1ccc(F)c(F)c1F)C(=O)c1ccc(OC(F)(F)F)cc1. The van der Waals surface area contributed by atoms with E-state index in [1.165, 1.54) is 0 Å². The van der Waals surface area contributed by atoms with Gasteiger partial charge in [-0.1, -0.05) is 6.92 Å². The first-order valence-electron chi connectivity index (χ1n) is 8.60. The van der Waals surface area contributed by atoms with Gasteiger partial charge in [-0.3, -0.25) is 9.59 Å². The third-order valence-electron chi connectivity index (χ3n) is 3.76. The number of ether oxygens (including phenoxy) is 1. The van der Waals surface area contributed by atoms with Crippen LogP contribution in [-0.2, 0) is 4.79 Å². The average Bonchev–Trinajstić information content (AvgIpc) is 2.67. The predicted molar refractivity (Wildman–Crippen MR) is 94.3 cm³/mol. The first-order chi connectivity index (χ1) is 14.0. The Kier molecular flexibility index (Phi) is 7.30. The van der Waals surface area contributed by atoms with Crippen LogP contribution < -0.4 is 10.1 Å². The van der Waals surface area contributed by atoms with Gasteiger partial charge in [0.25, 0.3) is 5.91 Å². The number of carbonyl (C=O) groups excluding carboxylic acids is 2. The van der Waals surface area contributed by atoms with Crippen molar-refractivity contribution in [2.24, 2.45) is 0 Å². The number of hydrogen-bond donors (Lipinski definition) is 1. The number of amides is 2. The summed E-state index contributed by atoms with van der Waals surface area (Å²) in [7, 11) is 0. The van der Waals surface area contributed by atoms with Crippen LogP contribution in [0.5, 0.6) is 5.75 Å². The molecule has 0 unspecified atom stereocenters. The van der Waals surface area contributed by atoms with E-state index in [1.54, 1.807) is 6.92 Å². The number of anilines is 1. The summed E-state index contributed by atoms with van der Waals surface area (Å²) in [6.45, 7) is 1.27. The quantitative estimate of drug-likeness (QED) is 0.516.